The first kappa shape index (κ1) is 44.9. The van der Waals surface area contributed by atoms with Crippen LogP contribution in [0.3, 0.4) is 0 Å². The van der Waals surface area contributed by atoms with E-state index in [0.29, 0.717) is 56.3 Å². The van der Waals surface area contributed by atoms with Crippen molar-refractivity contribution in [2.75, 3.05) is 105 Å². The number of piperazine rings is 2. The van der Waals surface area contributed by atoms with Gasteiger partial charge in [-0.05, 0) is 36.4 Å². The van der Waals surface area contributed by atoms with Gasteiger partial charge in [-0.25, -0.2) is 35.9 Å². The topological polar surface area (TPSA) is 148 Å². The van der Waals surface area contributed by atoms with Crippen molar-refractivity contribution < 1.29 is 59.7 Å². The van der Waals surface area contributed by atoms with E-state index in [-0.39, 0.29) is 44.4 Å². The van der Waals surface area contributed by atoms with Gasteiger partial charge in [-0.2, -0.15) is 0 Å². The Morgan fingerprint density at radius 1 is 0.763 bits per heavy atom. The summed E-state index contributed by atoms with van der Waals surface area (Å²) < 4.78 is 94.0. The van der Waals surface area contributed by atoms with Crippen molar-refractivity contribution in [3.63, 3.8) is 0 Å². The summed E-state index contributed by atoms with van der Waals surface area (Å²) in [5.74, 6) is -1.82. The Morgan fingerprint density at radius 3 is 1.61 bits per heavy atom. The molecule has 4 aliphatic heterocycles. The highest BCUT2D eigenvalue weighted by Gasteiger charge is 2.35. The van der Waals surface area contributed by atoms with E-state index in [0.717, 1.165) is 13.1 Å². The van der Waals surface area contributed by atoms with E-state index >= 15 is 0 Å². The Kier molecular flexibility index (Phi) is 15.8. The second-order valence-corrected chi connectivity index (χ2v) is 14.4. The molecule has 322 valence electrons. The third-order valence-electron chi connectivity index (χ3n) is 9.47. The minimum atomic E-state index is -2.80. The summed E-state index contributed by atoms with van der Waals surface area (Å²) in [6.45, 7) is 5.42. The number of anilines is 4. The molecule has 2 atom stereocenters. The van der Waals surface area contributed by atoms with Gasteiger partial charge in [0.2, 0.25) is 0 Å². The van der Waals surface area contributed by atoms with E-state index in [1.165, 1.54) is 34.9 Å². The Labute approximate surface area is 345 Å². The number of carbonyl (C=O) groups excluding carboxylic acids is 4. The number of thiocarbonyl (C=S) groups is 2. The van der Waals surface area contributed by atoms with Crippen molar-refractivity contribution in [3.8, 4) is 0 Å². The van der Waals surface area contributed by atoms with E-state index < -0.39 is 64.8 Å². The van der Waals surface area contributed by atoms with Crippen LogP contribution in [0.25, 0.3) is 0 Å². The number of esters is 1. The van der Waals surface area contributed by atoms with Crippen molar-refractivity contribution in [2.45, 2.75) is 32.0 Å². The molecule has 0 bridgehead atoms. The van der Waals surface area contributed by atoms with Crippen LogP contribution in [-0.4, -0.2) is 149 Å². The maximum absolute atomic E-state index is 14.8. The molecule has 15 nitrogen and oxygen atoms in total. The van der Waals surface area contributed by atoms with Crippen molar-refractivity contribution in [3.05, 3.63) is 48.0 Å². The van der Waals surface area contributed by atoms with Crippen LogP contribution in [0.2, 0.25) is 0 Å². The average molecular weight is 877 g/mol. The molecule has 2 aromatic rings. The van der Waals surface area contributed by atoms with Gasteiger partial charge in [0.25, 0.3) is 18.8 Å². The molecular weight excluding hydrogens is 835 g/mol. The number of hydrogen-bond acceptors (Lipinski definition) is 12. The second kappa shape index (κ2) is 20.7. The minimum Gasteiger partial charge on any atom is -0.456 e. The Hall–Kier alpha value is -5.16. The molecule has 4 heterocycles. The standard InChI is InChI=1S/C20H23F3N4O5S.C16H19F3N4O2S/c1-12(28)31-11-17(29)26-6-4-25(5-7-26)16-3-2-13(8-15(16)21)27-10-14(32-20(27)30)9-24-19(33)18(22)23;17-12-7-10(1-2-13(12)22-5-3-20-4-6-22)23-9-11(25-16(23)24)8-21-15(26)14(18)19/h2-3,8,14,18H,4-7,9-11H2,1H3,(H,24,33);1-2,7,11,14,20H,3-6,8-9H2,(H,21,26)/t14-;11-/m00/s1. The van der Waals surface area contributed by atoms with Gasteiger partial charge in [0.1, 0.15) is 33.8 Å². The first-order chi connectivity index (χ1) is 28.1. The number of cyclic esters (lactones) is 2. The van der Waals surface area contributed by atoms with E-state index in [9.17, 15) is 45.5 Å². The maximum atomic E-state index is 14.8. The van der Waals surface area contributed by atoms with E-state index in [1.807, 2.05) is 4.90 Å². The molecule has 0 radical (unpaired) electrons. The molecule has 0 unspecified atom stereocenters. The molecule has 0 aromatic heterocycles. The van der Waals surface area contributed by atoms with Crippen molar-refractivity contribution in [1.82, 2.24) is 20.9 Å². The summed E-state index contributed by atoms with van der Waals surface area (Å²) in [4.78, 5) is 53.6. The van der Waals surface area contributed by atoms with Crippen LogP contribution >= 0.6 is 24.4 Å². The lowest BCUT2D eigenvalue weighted by molar-refractivity contribution is -0.150. The highest BCUT2D eigenvalue weighted by Crippen LogP contribution is 2.30. The Bertz CT molecular complexity index is 1870. The zero-order valence-electron chi connectivity index (χ0n) is 31.6. The number of hydrogen-bond donors (Lipinski definition) is 3. The summed E-state index contributed by atoms with van der Waals surface area (Å²) >= 11 is 8.98. The monoisotopic (exact) mass is 876 g/mol. The number of nitrogens with one attached hydrogen (secondary N) is 3. The van der Waals surface area contributed by atoms with Gasteiger partial charge >= 0.3 is 18.2 Å². The highest BCUT2D eigenvalue weighted by atomic mass is 32.1. The second-order valence-electron chi connectivity index (χ2n) is 13.5. The van der Waals surface area contributed by atoms with Crippen molar-refractivity contribution >= 4 is 81.2 Å². The van der Waals surface area contributed by atoms with Crippen LogP contribution < -0.4 is 35.6 Å². The summed E-state index contributed by atoms with van der Waals surface area (Å²) in [5, 5.41) is 7.92. The summed E-state index contributed by atoms with van der Waals surface area (Å²) in [5.41, 5.74) is 1.45. The van der Waals surface area contributed by atoms with Gasteiger partial charge in [-0.1, -0.05) is 24.4 Å². The number of alkyl halides is 4. The fourth-order valence-electron chi connectivity index (χ4n) is 6.46. The van der Waals surface area contributed by atoms with Crippen LogP contribution in [0, 0.1) is 11.6 Å². The number of carbonyl (C=O) groups is 4. The molecule has 4 saturated heterocycles. The van der Waals surface area contributed by atoms with E-state index in [2.05, 4.69) is 40.4 Å². The zero-order valence-corrected chi connectivity index (χ0v) is 33.3. The molecule has 23 heteroatoms. The molecule has 4 aliphatic rings. The average Bonchev–Trinajstić information content (AvgIpc) is 3.79. The molecular formula is C36H42F6N8O7S2. The molecule has 6 rings (SSSR count). The third-order valence-corrected chi connectivity index (χ3v) is 10.1. The number of halogens is 6. The SMILES string of the molecule is CC(=O)OCC(=O)N1CCN(c2ccc(N3C[C@H](CNC(=S)C(F)F)OC3=O)cc2F)CC1.O=C1O[C@@H](CNC(=S)C(F)F)CN1c1ccc(N2CCNCC2)c(F)c1. The van der Waals surface area contributed by atoms with Crippen LogP contribution in [0.4, 0.5) is 58.7 Å². The number of nitrogens with zero attached hydrogens (tertiary/aromatic N) is 5. The lowest BCUT2D eigenvalue weighted by atomic mass is 10.2. The van der Waals surface area contributed by atoms with Crippen LogP contribution in [-0.2, 0) is 23.8 Å². The maximum Gasteiger partial charge on any atom is 0.414 e. The van der Waals surface area contributed by atoms with Gasteiger partial charge in [0.15, 0.2) is 6.61 Å². The van der Waals surface area contributed by atoms with Gasteiger partial charge < -0.3 is 44.9 Å². The predicted octanol–water partition coefficient (Wildman–Crippen LogP) is 3.29. The Morgan fingerprint density at radius 2 is 1.20 bits per heavy atom. The Balaban J connectivity index is 0.000000230. The van der Waals surface area contributed by atoms with Crippen molar-refractivity contribution in [2.24, 2.45) is 0 Å². The molecule has 0 saturated carbocycles. The van der Waals surface area contributed by atoms with Gasteiger partial charge in [0.05, 0.1) is 48.9 Å². The molecule has 2 aromatic carbocycles. The molecule has 0 aliphatic carbocycles. The van der Waals surface area contributed by atoms with E-state index in [4.69, 9.17) is 14.2 Å². The van der Waals surface area contributed by atoms with Gasteiger partial charge in [0, 0.05) is 59.3 Å². The van der Waals surface area contributed by atoms with Crippen LogP contribution in [0.15, 0.2) is 36.4 Å². The first-order valence-corrected chi connectivity index (χ1v) is 19.2. The summed E-state index contributed by atoms with van der Waals surface area (Å²) in [6, 6.07) is 8.89. The smallest absolute Gasteiger partial charge is 0.414 e. The van der Waals surface area contributed by atoms with Gasteiger partial charge in [-0.15, -0.1) is 0 Å². The van der Waals surface area contributed by atoms with Crippen molar-refractivity contribution in [1.29, 1.82) is 0 Å². The van der Waals surface area contributed by atoms with Crippen LogP contribution in [0.5, 0.6) is 0 Å². The third kappa shape index (κ3) is 12.2. The highest BCUT2D eigenvalue weighted by molar-refractivity contribution is 7.80. The first-order valence-electron chi connectivity index (χ1n) is 18.4. The number of amides is 3. The van der Waals surface area contributed by atoms with E-state index in [1.54, 1.807) is 28.0 Å². The zero-order chi connectivity index (χ0) is 42.8. The summed E-state index contributed by atoms with van der Waals surface area (Å²) in [7, 11) is 0. The predicted molar refractivity (Wildman–Crippen MR) is 212 cm³/mol. The summed E-state index contributed by atoms with van der Waals surface area (Å²) in [6.07, 6.45) is -8.27. The number of benzene rings is 2. The molecule has 3 N–H and O–H groups in total. The number of ether oxygens (including phenoxy) is 3. The molecule has 3 amide bonds. The minimum absolute atomic E-state index is 0.0211. The quantitative estimate of drug-likeness (QED) is 0.124. The molecule has 4 fully saturated rings. The fourth-order valence-corrected chi connectivity index (χ4v) is 6.62. The normalized spacial score (nSPS) is 19.3. The largest absolute Gasteiger partial charge is 0.456 e. The van der Waals surface area contributed by atoms with Gasteiger partial charge in [-0.3, -0.25) is 19.4 Å². The molecule has 0 spiro atoms. The molecule has 59 heavy (non-hydrogen) atoms. The number of rotatable bonds is 12. The van der Waals surface area contributed by atoms with Crippen LogP contribution in [0.1, 0.15) is 6.92 Å². The lowest BCUT2D eigenvalue weighted by Gasteiger charge is -2.36. The lowest BCUT2D eigenvalue weighted by Crippen LogP contribution is -2.50. The fraction of sp³-hybridized carbons (Fsp3) is 0.500.